The van der Waals surface area contributed by atoms with Gasteiger partial charge in [-0.2, -0.15) is 0 Å². The van der Waals surface area contributed by atoms with Crippen molar-refractivity contribution in [3.05, 3.63) is 27.7 Å². The molecule has 1 aromatic carbocycles. The highest BCUT2D eigenvalue weighted by molar-refractivity contribution is 7.99. The van der Waals surface area contributed by atoms with Crippen molar-refractivity contribution in [2.45, 2.75) is 11.8 Å². The Hall–Kier alpha value is -0.260. The number of halogens is 2. The average Bonchev–Trinajstić information content (AvgIpc) is 2.46. The Morgan fingerprint density at radius 1 is 1.19 bits per heavy atom. The fourth-order valence-corrected chi connectivity index (χ4v) is 3.67. The quantitative estimate of drug-likeness (QED) is 0.601. The molecule has 0 atom stereocenters. The van der Waals surface area contributed by atoms with Crippen LogP contribution in [0, 0.1) is 0 Å². The van der Waals surface area contributed by atoms with Crippen LogP contribution in [0.5, 0.6) is 0 Å². The van der Waals surface area contributed by atoms with E-state index in [1.807, 2.05) is 6.07 Å². The number of Topliss-reactive ketones (excluding diaryl/α,β-unsaturated/α-hetero) is 1. The van der Waals surface area contributed by atoms with E-state index < -0.39 is 0 Å². The number of hydrogen-bond donors (Lipinski definition) is 0. The highest BCUT2D eigenvalue weighted by Crippen LogP contribution is 2.35. The molecule has 1 fully saturated rings. The second kappa shape index (κ2) is 7.84. The van der Waals surface area contributed by atoms with E-state index in [0.29, 0.717) is 22.2 Å². The fourth-order valence-electron chi connectivity index (χ4n) is 2.31. The van der Waals surface area contributed by atoms with Crippen molar-refractivity contribution < 1.29 is 4.79 Å². The maximum Gasteiger partial charge on any atom is 0.178 e. The molecule has 1 saturated heterocycles. The lowest BCUT2D eigenvalue weighted by Crippen LogP contribution is -2.46. The van der Waals surface area contributed by atoms with Crippen LogP contribution in [-0.4, -0.2) is 61.1 Å². The molecule has 0 amide bonds. The van der Waals surface area contributed by atoms with Gasteiger partial charge in [0, 0.05) is 36.6 Å². The Morgan fingerprint density at radius 2 is 1.86 bits per heavy atom. The van der Waals surface area contributed by atoms with Crippen LogP contribution in [-0.2, 0) is 0 Å². The highest BCUT2D eigenvalue weighted by atomic mass is 35.5. The van der Waals surface area contributed by atoms with Crippen molar-refractivity contribution in [1.29, 1.82) is 0 Å². The molecule has 1 aromatic rings. The van der Waals surface area contributed by atoms with E-state index in [9.17, 15) is 4.79 Å². The Bertz CT molecular complexity index is 517. The number of carbonyl (C=O) groups is 1. The van der Waals surface area contributed by atoms with Crippen LogP contribution in [0.25, 0.3) is 0 Å². The van der Waals surface area contributed by atoms with E-state index in [2.05, 4.69) is 23.8 Å². The smallest absolute Gasteiger partial charge is 0.178 e. The molecule has 0 aliphatic carbocycles. The number of thioether (sulfide) groups is 1. The molecule has 21 heavy (non-hydrogen) atoms. The maximum absolute atomic E-state index is 12.4. The number of benzene rings is 1. The van der Waals surface area contributed by atoms with Gasteiger partial charge in [0.15, 0.2) is 5.78 Å². The number of rotatable bonds is 5. The van der Waals surface area contributed by atoms with Gasteiger partial charge in [0.1, 0.15) is 0 Å². The lowest BCUT2D eigenvalue weighted by molar-refractivity contribution is 0.0876. The van der Waals surface area contributed by atoms with Crippen molar-refractivity contribution in [3.63, 3.8) is 0 Å². The molecule has 0 saturated carbocycles. The third-order valence-corrected chi connectivity index (χ3v) is 5.54. The first kappa shape index (κ1) is 17.1. The van der Waals surface area contributed by atoms with Crippen LogP contribution in [0.4, 0.5) is 0 Å². The number of piperazine rings is 1. The van der Waals surface area contributed by atoms with Crippen molar-refractivity contribution >= 4 is 40.7 Å². The molecule has 3 nitrogen and oxygen atoms in total. The van der Waals surface area contributed by atoms with Gasteiger partial charge in [-0.3, -0.25) is 9.69 Å². The molecular weight excluding hydrogens is 327 g/mol. The summed E-state index contributed by atoms with van der Waals surface area (Å²) in [4.78, 5) is 17.8. The Morgan fingerprint density at radius 3 is 2.48 bits per heavy atom. The highest BCUT2D eigenvalue weighted by Gasteiger charge is 2.20. The van der Waals surface area contributed by atoms with Crippen molar-refractivity contribution in [2.75, 3.05) is 45.5 Å². The maximum atomic E-state index is 12.4. The number of likely N-dealkylation sites (N-methyl/N-ethyl adjacent to an activating group) is 1. The van der Waals surface area contributed by atoms with Gasteiger partial charge in [-0.15, -0.1) is 11.8 Å². The summed E-state index contributed by atoms with van der Waals surface area (Å²) in [6, 6.07) is 3.68. The van der Waals surface area contributed by atoms with E-state index in [4.69, 9.17) is 23.2 Å². The van der Waals surface area contributed by atoms with Crippen LogP contribution in [0.2, 0.25) is 10.0 Å². The zero-order valence-electron chi connectivity index (χ0n) is 12.4. The van der Waals surface area contributed by atoms with Gasteiger partial charge in [0.25, 0.3) is 0 Å². The fraction of sp³-hybridized carbons (Fsp3) is 0.533. The molecule has 0 unspecified atom stereocenters. The molecule has 2 rings (SSSR count). The molecule has 0 aromatic heterocycles. The molecule has 1 aliphatic heterocycles. The molecule has 6 heteroatoms. The van der Waals surface area contributed by atoms with Gasteiger partial charge in [0.2, 0.25) is 0 Å². The van der Waals surface area contributed by atoms with Crippen molar-refractivity contribution in [3.8, 4) is 0 Å². The van der Waals surface area contributed by atoms with Crippen LogP contribution >= 0.6 is 35.0 Å². The molecule has 1 heterocycles. The van der Waals surface area contributed by atoms with Gasteiger partial charge in [-0.25, -0.2) is 0 Å². The summed E-state index contributed by atoms with van der Waals surface area (Å²) < 4.78 is 0. The summed E-state index contributed by atoms with van der Waals surface area (Å²) >= 11 is 14.2. The van der Waals surface area contributed by atoms with E-state index in [-0.39, 0.29) is 5.78 Å². The second-order valence-electron chi connectivity index (χ2n) is 5.17. The van der Waals surface area contributed by atoms with Gasteiger partial charge >= 0.3 is 0 Å². The normalized spacial score (nSPS) is 17.1. The summed E-state index contributed by atoms with van der Waals surface area (Å²) in [5, 5.41) is 0.877. The lowest BCUT2D eigenvalue weighted by atomic mass is 10.1. The number of ketones is 1. The molecule has 0 N–H and O–H groups in total. The molecule has 116 valence electrons. The second-order valence-corrected chi connectivity index (χ2v) is 7.24. The molecule has 0 radical (unpaired) electrons. The number of hydrogen-bond acceptors (Lipinski definition) is 4. The van der Waals surface area contributed by atoms with Crippen molar-refractivity contribution in [1.82, 2.24) is 9.80 Å². The summed E-state index contributed by atoms with van der Waals surface area (Å²) in [6.07, 6.45) is 0. The lowest BCUT2D eigenvalue weighted by Gasteiger charge is -2.31. The van der Waals surface area contributed by atoms with E-state index in [1.54, 1.807) is 17.8 Å². The number of carbonyl (C=O) groups excluding carboxylic acids is 1. The first-order valence-corrected chi connectivity index (χ1v) is 8.82. The zero-order valence-corrected chi connectivity index (χ0v) is 14.7. The van der Waals surface area contributed by atoms with Gasteiger partial charge < -0.3 is 4.90 Å². The van der Waals surface area contributed by atoms with E-state index in [1.165, 1.54) is 0 Å². The van der Waals surface area contributed by atoms with Crippen LogP contribution in [0.1, 0.15) is 17.3 Å². The molecule has 0 bridgehead atoms. The SMILES string of the molecule is CCSc1ccc(C(=O)CN2CCN(C)CC2)c(Cl)c1Cl. The molecular formula is C15H20Cl2N2OS. The third-order valence-electron chi connectivity index (χ3n) is 3.61. The minimum absolute atomic E-state index is 0.0412. The summed E-state index contributed by atoms with van der Waals surface area (Å²) in [5.41, 5.74) is 0.529. The predicted molar refractivity (Wildman–Crippen MR) is 91.1 cm³/mol. The minimum atomic E-state index is 0.0412. The van der Waals surface area contributed by atoms with Crippen LogP contribution in [0.3, 0.4) is 0 Å². The standard InChI is InChI=1S/C15H20Cl2N2OS/c1-3-21-13-5-4-11(14(16)15(13)17)12(20)10-19-8-6-18(2)7-9-19/h4-5H,3,6-10H2,1-2H3. The zero-order chi connectivity index (χ0) is 15.4. The Kier molecular flexibility index (Phi) is 6.38. The molecule has 0 spiro atoms. The van der Waals surface area contributed by atoms with Crippen LogP contribution in [0.15, 0.2) is 17.0 Å². The van der Waals surface area contributed by atoms with E-state index in [0.717, 1.165) is 36.8 Å². The van der Waals surface area contributed by atoms with Crippen LogP contribution < -0.4 is 0 Å². The average molecular weight is 347 g/mol. The first-order chi connectivity index (χ1) is 10.0. The van der Waals surface area contributed by atoms with Gasteiger partial charge in [-0.05, 0) is 24.9 Å². The monoisotopic (exact) mass is 346 g/mol. The Labute approximate surface area is 140 Å². The third kappa shape index (κ3) is 4.36. The predicted octanol–water partition coefficient (Wildman–Crippen LogP) is 3.54. The van der Waals surface area contributed by atoms with Gasteiger partial charge in [0.05, 0.1) is 16.6 Å². The summed E-state index contributed by atoms with van der Waals surface area (Å²) in [6.45, 7) is 6.28. The number of nitrogens with zero attached hydrogens (tertiary/aromatic N) is 2. The first-order valence-electron chi connectivity index (χ1n) is 7.07. The topological polar surface area (TPSA) is 23.6 Å². The summed E-state index contributed by atoms with van der Waals surface area (Å²) in [7, 11) is 2.10. The molecule has 1 aliphatic rings. The van der Waals surface area contributed by atoms with Crippen molar-refractivity contribution in [2.24, 2.45) is 0 Å². The van der Waals surface area contributed by atoms with E-state index >= 15 is 0 Å². The summed E-state index contributed by atoms with van der Waals surface area (Å²) in [5.74, 6) is 0.962. The Balaban J connectivity index is 2.07. The van der Waals surface area contributed by atoms with Gasteiger partial charge in [-0.1, -0.05) is 30.1 Å². The largest absolute Gasteiger partial charge is 0.304 e. The minimum Gasteiger partial charge on any atom is -0.304 e.